The Hall–Kier alpha value is -3.40. The topological polar surface area (TPSA) is 81.2 Å². The van der Waals surface area contributed by atoms with E-state index in [4.69, 9.17) is 23.9 Å². The van der Waals surface area contributed by atoms with Gasteiger partial charge < -0.3 is 29.2 Å². The molecule has 6 bridgehead atoms. The SMILES string of the molecule is c1cc2cc(c1)-c1ccnc(n1)Nc1ccc(N3CCC(N4CCOCC4)CC3)c(c1)OCCOCCO2. The highest BCUT2D eigenvalue weighted by Crippen LogP contribution is 2.35. The number of nitrogens with zero attached hydrogens (tertiary/aromatic N) is 4. The highest BCUT2D eigenvalue weighted by Gasteiger charge is 2.27. The van der Waals surface area contributed by atoms with Crippen LogP contribution in [-0.4, -0.2) is 86.7 Å². The van der Waals surface area contributed by atoms with Crippen molar-refractivity contribution in [3.63, 3.8) is 0 Å². The third-order valence-corrected chi connectivity index (χ3v) is 7.35. The normalized spacial score (nSPS) is 19.5. The molecule has 2 aromatic carbocycles. The molecule has 3 aliphatic rings. The standard InChI is InChI=1S/C29H35N5O4/c1-2-22-20-25(3-1)37-18-16-36-17-19-38-28-21-23(31-29-30-9-6-26(22)32-29)4-5-27(28)34-10-7-24(8-11-34)33-12-14-35-15-13-33/h1-6,9,20-21,24H,7-8,10-19H2,(H,30,31,32). The lowest BCUT2D eigenvalue weighted by atomic mass is 10.0. The first-order chi connectivity index (χ1) is 18.8. The highest BCUT2D eigenvalue weighted by atomic mass is 16.5. The summed E-state index contributed by atoms with van der Waals surface area (Å²) in [7, 11) is 0. The molecule has 2 saturated heterocycles. The summed E-state index contributed by atoms with van der Waals surface area (Å²) in [4.78, 5) is 14.2. The van der Waals surface area contributed by atoms with E-state index >= 15 is 0 Å². The zero-order valence-corrected chi connectivity index (χ0v) is 21.7. The molecule has 0 spiro atoms. The number of ether oxygens (including phenoxy) is 4. The molecule has 0 unspecified atom stereocenters. The summed E-state index contributed by atoms with van der Waals surface area (Å²) in [5.41, 5.74) is 3.79. The first-order valence-corrected chi connectivity index (χ1v) is 13.6. The minimum Gasteiger partial charge on any atom is -0.491 e. The molecule has 1 N–H and O–H groups in total. The van der Waals surface area contributed by atoms with E-state index in [9.17, 15) is 0 Å². The maximum absolute atomic E-state index is 6.28. The van der Waals surface area contributed by atoms with Gasteiger partial charge in [0.1, 0.15) is 24.7 Å². The zero-order valence-electron chi connectivity index (χ0n) is 21.7. The number of morpholine rings is 1. The Kier molecular flexibility index (Phi) is 7.85. The van der Waals surface area contributed by atoms with Gasteiger partial charge in [0.05, 0.1) is 37.8 Å². The average Bonchev–Trinajstić information content (AvgIpc) is 2.97. The molecule has 0 aliphatic carbocycles. The lowest BCUT2D eigenvalue weighted by Crippen LogP contribution is -2.49. The van der Waals surface area contributed by atoms with Crippen LogP contribution in [0, 0.1) is 0 Å². The van der Waals surface area contributed by atoms with Gasteiger partial charge in [-0.2, -0.15) is 0 Å². The number of piperidine rings is 1. The van der Waals surface area contributed by atoms with E-state index in [2.05, 4.69) is 32.2 Å². The molecule has 9 heteroatoms. The Balaban J connectivity index is 1.22. The Bertz CT molecular complexity index is 1210. The van der Waals surface area contributed by atoms with Gasteiger partial charge in [-0.3, -0.25) is 4.90 Å². The molecule has 38 heavy (non-hydrogen) atoms. The van der Waals surface area contributed by atoms with Gasteiger partial charge in [-0.1, -0.05) is 12.1 Å². The fourth-order valence-corrected chi connectivity index (χ4v) is 5.37. The predicted molar refractivity (Wildman–Crippen MR) is 147 cm³/mol. The quantitative estimate of drug-likeness (QED) is 0.543. The number of rotatable bonds is 2. The maximum Gasteiger partial charge on any atom is 0.227 e. The summed E-state index contributed by atoms with van der Waals surface area (Å²) >= 11 is 0. The molecule has 6 rings (SSSR count). The van der Waals surface area contributed by atoms with Crippen molar-refractivity contribution in [1.29, 1.82) is 0 Å². The van der Waals surface area contributed by atoms with Crippen LogP contribution < -0.4 is 19.7 Å². The van der Waals surface area contributed by atoms with Crippen LogP contribution in [0.2, 0.25) is 0 Å². The number of fused-ring (bicyclic) bond motifs is 7. The molecule has 3 aromatic rings. The summed E-state index contributed by atoms with van der Waals surface area (Å²) in [5.74, 6) is 2.16. The van der Waals surface area contributed by atoms with Gasteiger partial charge in [-0.15, -0.1) is 0 Å². The number of nitrogens with one attached hydrogen (secondary N) is 1. The van der Waals surface area contributed by atoms with Gasteiger partial charge in [0.15, 0.2) is 0 Å². The van der Waals surface area contributed by atoms with Gasteiger partial charge >= 0.3 is 0 Å². The number of hydrogen-bond donors (Lipinski definition) is 1. The van der Waals surface area contributed by atoms with Crippen molar-refractivity contribution >= 4 is 17.3 Å². The summed E-state index contributed by atoms with van der Waals surface area (Å²) in [6.07, 6.45) is 4.05. The molecule has 1 aromatic heterocycles. The van der Waals surface area contributed by atoms with Crippen molar-refractivity contribution in [2.24, 2.45) is 0 Å². The van der Waals surface area contributed by atoms with Crippen LogP contribution in [0.15, 0.2) is 54.7 Å². The van der Waals surface area contributed by atoms with Crippen LogP contribution in [0.3, 0.4) is 0 Å². The van der Waals surface area contributed by atoms with E-state index in [0.29, 0.717) is 38.4 Å². The van der Waals surface area contributed by atoms with Crippen molar-refractivity contribution in [2.45, 2.75) is 18.9 Å². The van der Waals surface area contributed by atoms with Crippen LogP contribution >= 0.6 is 0 Å². The Morgan fingerprint density at radius 2 is 1.61 bits per heavy atom. The number of hydrogen-bond acceptors (Lipinski definition) is 9. The Labute approximate surface area is 223 Å². The molecule has 4 heterocycles. The molecule has 3 aliphatic heterocycles. The smallest absolute Gasteiger partial charge is 0.227 e. The van der Waals surface area contributed by atoms with Gasteiger partial charge in [-0.05, 0) is 43.2 Å². The van der Waals surface area contributed by atoms with Crippen molar-refractivity contribution in [3.8, 4) is 22.8 Å². The van der Waals surface area contributed by atoms with Gasteiger partial charge in [-0.25, -0.2) is 9.97 Å². The summed E-state index contributed by atoms with van der Waals surface area (Å²) in [6, 6.07) is 16.7. The summed E-state index contributed by atoms with van der Waals surface area (Å²) < 4.78 is 23.5. The molecule has 200 valence electrons. The number of anilines is 3. The monoisotopic (exact) mass is 517 g/mol. The van der Waals surface area contributed by atoms with Crippen LogP contribution in [0.5, 0.6) is 11.5 Å². The minimum atomic E-state index is 0.460. The van der Waals surface area contributed by atoms with Crippen LogP contribution in [0.1, 0.15) is 12.8 Å². The second-order valence-electron chi connectivity index (χ2n) is 9.78. The van der Waals surface area contributed by atoms with Crippen molar-refractivity contribution in [3.05, 3.63) is 54.7 Å². The maximum atomic E-state index is 6.28. The van der Waals surface area contributed by atoms with Crippen LogP contribution in [0.25, 0.3) is 11.3 Å². The molecule has 0 atom stereocenters. The van der Waals surface area contributed by atoms with Crippen molar-refractivity contribution in [2.75, 3.05) is 76.0 Å². The number of benzene rings is 2. The largest absolute Gasteiger partial charge is 0.491 e. The first-order valence-electron chi connectivity index (χ1n) is 13.6. The Morgan fingerprint density at radius 1 is 0.789 bits per heavy atom. The highest BCUT2D eigenvalue weighted by molar-refractivity contribution is 5.68. The molecular formula is C29H35N5O4. The van der Waals surface area contributed by atoms with Crippen molar-refractivity contribution in [1.82, 2.24) is 14.9 Å². The lowest BCUT2D eigenvalue weighted by Gasteiger charge is -2.41. The molecule has 9 nitrogen and oxygen atoms in total. The van der Waals surface area contributed by atoms with E-state index in [-0.39, 0.29) is 0 Å². The predicted octanol–water partition coefficient (Wildman–Crippen LogP) is 3.98. The van der Waals surface area contributed by atoms with E-state index in [0.717, 1.165) is 86.4 Å². The first kappa shape index (κ1) is 24.9. The van der Waals surface area contributed by atoms with E-state index in [1.165, 1.54) is 0 Å². The molecule has 2 fully saturated rings. The van der Waals surface area contributed by atoms with E-state index in [1.807, 2.05) is 36.4 Å². The Morgan fingerprint density at radius 3 is 2.47 bits per heavy atom. The van der Waals surface area contributed by atoms with Gasteiger partial charge in [0.25, 0.3) is 0 Å². The average molecular weight is 518 g/mol. The molecular weight excluding hydrogens is 482 g/mol. The van der Waals surface area contributed by atoms with Crippen LogP contribution in [0.4, 0.5) is 17.3 Å². The fourth-order valence-electron chi connectivity index (χ4n) is 5.37. The molecule has 0 amide bonds. The van der Waals surface area contributed by atoms with Crippen LogP contribution in [-0.2, 0) is 9.47 Å². The second kappa shape index (κ2) is 12.0. The van der Waals surface area contributed by atoms with Gasteiger partial charge in [0, 0.05) is 55.7 Å². The lowest BCUT2D eigenvalue weighted by molar-refractivity contribution is 0.0115. The minimum absolute atomic E-state index is 0.460. The zero-order chi connectivity index (χ0) is 25.6. The third-order valence-electron chi connectivity index (χ3n) is 7.35. The molecule has 0 radical (unpaired) electrons. The third kappa shape index (κ3) is 6.01. The van der Waals surface area contributed by atoms with E-state index in [1.54, 1.807) is 6.20 Å². The second-order valence-corrected chi connectivity index (χ2v) is 9.78. The molecule has 0 saturated carbocycles. The number of aromatic nitrogens is 2. The summed E-state index contributed by atoms with van der Waals surface area (Å²) in [5, 5.41) is 3.36. The summed E-state index contributed by atoms with van der Waals surface area (Å²) in [6.45, 7) is 7.70. The van der Waals surface area contributed by atoms with Gasteiger partial charge in [0.2, 0.25) is 5.95 Å². The van der Waals surface area contributed by atoms with E-state index < -0.39 is 0 Å². The fraction of sp³-hybridized carbons (Fsp3) is 0.448. The van der Waals surface area contributed by atoms with Crippen molar-refractivity contribution < 1.29 is 18.9 Å².